The highest BCUT2D eigenvalue weighted by Crippen LogP contribution is 2.27. The van der Waals surface area contributed by atoms with Gasteiger partial charge in [-0.05, 0) is 50.2 Å². The Balaban J connectivity index is 2.37. The van der Waals surface area contributed by atoms with Crippen molar-refractivity contribution in [2.45, 2.75) is 24.8 Å². The first kappa shape index (κ1) is 23.2. The Morgan fingerprint density at radius 3 is 2.17 bits per heavy atom. The number of nitrogens with zero attached hydrogens (tertiary/aromatic N) is 1. The lowest BCUT2D eigenvalue weighted by molar-refractivity contribution is 0.0941. The average Bonchev–Trinajstić information content (AvgIpc) is 2.62. The van der Waals surface area contributed by atoms with Gasteiger partial charge in [0, 0.05) is 25.7 Å². The van der Waals surface area contributed by atoms with Crippen LogP contribution in [0.15, 0.2) is 41.3 Å². The molecule has 0 radical (unpaired) electrons. The van der Waals surface area contributed by atoms with Crippen molar-refractivity contribution in [1.82, 2.24) is 9.62 Å². The lowest BCUT2D eigenvalue weighted by Crippen LogP contribution is -2.30. The average molecular weight is 458 g/mol. The first-order chi connectivity index (χ1) is 13.4. The molecule has 10 heteroatoms. The molecule has 0 heterocycles. The number of amides is 2. The molecule has 0 aromatic heterocycles. The van der Waals surface area contributed by atoms with Gasteiger partial charge in [-0.3, -0.25) is 9.59 Å². The number of hydrogen-bond acceptors (Lipinski definition) is 4. The third kappa shape index (κ3) is 5.48. The van der Waals surface area contributed by atoms with E-state index in [9.17, 15) is 18.0 Å². The molecule has 0 unspecified atom stereocenters. The van der Waals surface area contributed by atoms with E-state index in [1.54, 1.807) is 0 Å². The minimum atomic E-state index is -3.74. The zero-order valence-corrected chi connectivity index (χ0v) is 18.6. The molecule has 0 bridgehead atoms. The number of nitrogens with one attached hydrogen (secondary N) is 2. The fourth-order valence-corrected chi connectivity index (χ4v) is 3.64. The van der Waals surface area contributed by atoms with Crippen LogP contribution >= 0.6 is 23.2 Å². The van der Waals surface area contributed by atoms with Crippen LogP contribution in [-0.2, 0) is 10.0 Å². The van der Waals surface area contributed by atoms with E-state index < -0.39 is 15.9 Å². The number of hydrogen-bond donors (Lipinski definition) is 2. The summed E-state index contributed by atoms with van der Waals surface area (Å²) < 4.78 is 25.7. The molecule has 0 atom stereocenters. The fraction of sp³-hybridized carbons (Fsp3) is 0.263. The predicted octanol–water partition coefficient (Wildman–Crippen LogP) is 3.63. The van der Waals surface area contributed by atoms with E-state index in [4.69, 9.17) is 23.2 Å². The number of carbonyl (C=O) groups is 2. The molecule has 156 valence electrons. The summed E-state index contributed by atoms with van der Waals surface area (Å²) in [6, 6.07) is 8.24. The highest BCUT2D eigenvalue weighted by molar-refractivity contribution is 7.89. The maximum Gasteiger partial charge on any atom is 0.257 e. The van der Waals surface area contributed by atoms with Crippen molar-refractivity contribution in [3.63, 3.8) is 0 Å². The third-order valence-corrected chi connectivity index (χ3v) is 6.33. The van der Waals surface area contributed by atoms with Crippen LogP contribution in [0.4, 0.5) is 5.69 Å². The monoisotopic (exact) mass is 457 g/mol. The van der Waals surface area contributed by atoms with Crippen molar-refractivity contribution in [3.8, 4) is 0 Å². The smallest absolute Gasteiger partial charge is 0.257 e. The topological polar surface area (TPSA) is 95.6 Å². The molecular formula is C19H21Cl2N3O4S. The first-order valence-corrected chi connectivity index (χ1v) is 10.8. The molecule has 0 aliphatic heterocycles. The van der Waals surface area contributed by atoms with Crippen molar-refractivity contribution in [2.75, 3.05) is 19.4 Å². The third-order valence-electron chi connectivity index (χ3n) is 3.86. The lowest BCUT2D eigenvalue weighted by Gasteiger charge is -2.14. The number of anilines is 1. The molecule has 7 nitrogen and oxygen atoms in total. The summed E-state index contributed by atoms with van der Waals surface area (Å²) in [5.74, 6) is -0.974. The highest BCUT2D eigenvalue weighted by Gasteiger charge is 2.21. The maximum atomic E-state index is 12.7. The summed E-state index contributed by atoms with van der Waals surface area (Å²) in [6.07, 6.45) is 0. The van der Waals surface area contributed by atoms with Crippen molar-refractivity contribution >= 4 is 50.7 Å². The Bertz CT molecular complexity index is 1050. The molecule has 0 saturated heterocycles. The molecule has 2 N–H and O–H groups in total. The van der Waals surface area contributed by atoms with Crippen molar-refractivity contribution < 1.29 is 18.0 Å². The van der Waals surface area contributed by atoms with Crippen LogP contribution in [0, 0.1) is 0 Å². The van der Waals surface area contributed by atoms with Gasteiger partial charge in [-0.1, -0.05) is 23.2 Å². The second kappa shape index (κ2) is 9.13. The Morgan fingerprint density at radius 2 is 1.59 bits per heavy atom. The summed E-state index contributed by atoms with van der Waals surface area (Å²) in [5, 5.41) is 5.62. The van der Waals surface area contributed by atoms with Gasteiger partial charge in [-0.25, -0.2) is 12.7 Å². The number of halogens is 2. The molecule has 0 saturated carbocycles. The minimum absolute atomic E-state index is 0.0392. The molecule has 2 aromatic rings. The second-order valence-corrected chi connectivity index (χ2v) is 9.67. The predicted molar refractivity (Wildman–Crippen MR) is 114 cm³/mol. The van der Waals surface area contributed by atoms with Crippen LogP contribution in [0.2, 0.25) is 10.0 Å². The molecule has 29 heavy (non-hydrogen) atoms. The maximum absolute atomic E-state index is 12.7. The van der Waals surface area contributed by atoms with E-state index in [-0.39, 0.29) is 38.1 Å². The zero-order chi connectivity index (χ0) is 21.9. The van der Waals surface area contributed by atoms with E-state index in [0.29, 0.717) is 5.56 Å². The summed E-state index contributed by atoms with van der Waals surface area (Å²) in [5.41, 5.74) is 0.473. The Labute approximate surface area is 180 Å². The Hall–Kier alpha value is -2.13. The summed E-state index contributed by atoms with van der Waals surface area (Å²) in [4.78, 5) is 24.8. The normalized spacial score (nSPS) is 11.6. The second-order valence-electron chi connectivity index (χ2n) is 6.71. The Kier molecular flexibility index (Phi) is 7.29. The van der Waals surface area contributed by atoms with E-state index >= 15 is 0 Å². The van der Waals surface area contributed by atoms with Gasteiger partial charge in [0.2, 0.25) is 10.0 Å². The number of benzene rings is 2. The summed E-state index contributed by atoms with van der Waals surface area (Å²) >= 11 is 12.2. The highest BCUT2D eigenvalue weighted by atomic mass is 35.5. The molecule has 0 fully saturated rings. The largest absolute Gasteiger partial charge is 0.350 e. The van der Waals surface area contributed by atoms with Crippen LogP contribution in [0.25, 0.3) is 0 Å². The molecule has 2 rings (SSSR count). The quantitative estimate of drug-likeness (QED) is 0.691. The molecular weight excluding hydrogens is 437 g/mol. The molecule has 0 aliphatic rings. The zero-order valence-electron chi connectivity index (χ0n) is 16.3. The van der Waals surface area contributed by atoms with Gasteiger partial charge >= 0.3 is 0 Å². The molecule has 2 amide bonds. The van der Waals surface area contributed by atoms with E-state index in [1.807, 2.05) is 13.8 Å². The van der Waals surface area contributed by atoms with Crippen LogP contribution in [0.1, 0.15) is 34.6 Å². The number of rotatable bonds is 6. The van der Waals surface area contributed by atoms with Crippen molar-refractivity contribution in [1.29, 1.82) is 0 Å². The van der Waals surface area contributed by atoms with Gasteiger partial charge in [0.1, 0.15) is 0 Å². The Morgan fingerprint density at radius 1 is 0.966 bits per heavy atom. The summed E-state index contributed by atoms with van der Waals surface area (Å²) in [7, 11) is -0.972. The minimum Gasteiger partial charge on any atom is -0.350 e. The van der Waals surface area contributed by atoms with E-state index in [2.05, 4.69) is 10.6 Å². The fourth-order valence-electron chi connectivity index (χ4n) is 2.35. The molecule has 2 aromatic carbocycles. The summed E-state index contributed by atoms with van der Waals surface area (Å²) in [6.45, 7) is 3.65. The van der Waals surface area contributed by atoms with Gasteiger partial charge in [0.25, 0.3) is 11.8 Å². The van der Waals surface area contributed by atoms with Gasteiger partial charge in [0.05, 0.1) is 26.2 Å². The molecule has 0 aliphatic carbocycles. The number of carbonyl (C=O) groups excluding carboxylic acids is 2. The lowest BCUT2D eigenvalue weighted by atomic mass is 10.1. The van der Waals surface area contributed by atoms with Crippen molar-refractivity contribution in [2.24, 2.45) is 0 Å². The van der Waals surface area contributed by atoms with Crippen LogP contribution in [0.5, 0.6) is 0 Å². The SMILES string of the molecule is CC(C)NC(=O)c1ccc(Cl)c(NC(=O)c2cc(S(=O)(=O)N(C)C)ccc2Cl)c1. The van der Waals surface area contributed by atoms with Crippen LogP contribution in [-0.4, -0.2) is 44.7 Å². The van der Waals surface area contributed by atoms with Crippen LogP contribution < -0.4 is 10.6 Å². The van der Waals surface area contributed by atoms with Crippen molar-refractivity contribution in [3.05, 3.63) is 57.6 Å². The van der Waals surface area contributed by atoms with Gasteiger partial charge < -0.3 is 10.6 Å². The van der Waals surface area contributed by atoms with Crippen LogP contribution in [0.3, 0.4) is 0 Å². The van der Waals surface area contributed by atoms with Gasteiger partial charge in [-0.15, -0.1) is 0 Å². The van der Waals surface area contributed by atoms with E-state index in [1.165, 1.54) is 50.5 Å². The number of sulfonamides is 1. The van der Waals surface area contributed by atoms with E-state index in [0.717, 1.165) is 4.31 Å². The van der Waals surface area contributed by atoms with Gasteiger partial charge in [-0.2, -0.15) is 0 Å². The molecule has 0 spiro atoms. The first-order valence-electron chi connectivity index (χ1n) is 8.57. The standard InChI is InChI=1S/C19H21Cl2N3O4S/c1-11(2)22-18(25)12-5-7-16(21)17(9-12)23-19(26)14-10-13(6-8-15(14)20)29(27,28)24(3)4/h5-11H,1-4H3,(H,22,25)(H,23,26). The van der Waals surface area contributed by atoms with Gasteiger partial charge in [0.15, 0.2) is 0 Å².